The third-order valence-corrected chi connectivity index (χ3v) is 5.89. The van der Waals surface area contributed by atoms with Crippen molar-refractivity contribution in [1.29, 1.82) is 0 Å². The molecule has 114 valence electrons. The summed E-state index contributed by atoms with van der Waals surface area (Å²) in [4.78, 5) is 29.2. The summed E-state index contributed by atoms with van der Waals surface area (Å²) in [6.07, 6.45) is 1.94. The highest BCUT2D eigenvalue weighted by Crippen LogP contribution is 2.26. The number of hydrogen-bond donors (Lipinski definition) is 1. The van der Waals surface area contributed by atoms with Gasteiger partial charge in [-0.3, -0.25) is 9.59 Å². The van der Waals surface area contributed by atoms with E-state index in [4.69, 9.17) is 0 Å². The number of nitrogens with zero attached hydrogens (tertiary/aromatic N) is 2. The van der Waals surface area contributed by atoms with Gasteiger partial charge in [-0.25, -0.2) is 0 Å². The van der Waals surface area contributed by atoms with Crippen LogP contribution in [0.1, 0.15) is 22.5 Å². The van der Waals surface area contributed by atoms with Crippen molar-refractivity contribution in [2.24, 2.45) is 0 Å². The number of piperidine rings is 1. The van der Waals surface area contributed by atoms with Crippen molar-refractivity contribution < 1.29 is 9.59 Å². The minimum Gasteiger partial charge on any atom is -0.336 e. The van der Waals surface area contributed by atoms with Gasteiger partial charge in [0, 0.05) is 36.7 Å². The van der Waals surface area contributed by atoms with Gasteiger partial charge in [-0.2, -0.15) is 0 Å². The SMILES string of the molecule is O=C(c1sccc1Br)N1CCCC(N2CCNCC2=O)C1. The van der Waals surface area contributed by atoms with Gasteiger partial charge in [0.2, 0.25) is 5.91 Å². The Morgan fingerprint density at radius 2 is 2.29 bits per heavy atom. The highest BCUT2D eigenvalue weighted by molar-refractivity contribution is 9.10. The van der Waals surface area contributed by atoms with Crippen LogP contribution >= 0.6 is 27.3 Å². The predicted octanol–water partition coefficient (Wildman–Crippen LogP) is 1.55. The van der Waals surface area contributed by atoms with E-state index in [-0.39, 0.29) is 17.9 Å². The molecule has 0 radical (unpaired) electrons. The predicted molar refractivity (Wildman–Crippen MR) is 85.5 cm³/mol. The molecule has 0 saturated carbocycles. The standard InChI is InChI=1S/C14H18BrN3O2S/c15-11-3-7-21-13(11)14(20)17-5-1-2-10(9-17)18-6-4-16-8-12(18)19/h3,7,10,16H,1-2,4-6,8-9H2. The molecular weight excluding hydrogens is 354 g/mol. The molecule has 2 aliphatic rings. The number of piperazine rings is 1. The molecule has 1 aromatic rings. The van der Waals surface area contributed by atoms with Gasteiger partial charge in [0.05, 0.1) is 6.54 Å². The molecule has 7 heteroatoms. The molecule has 2 amide bonds. The van der Waals surface area contributed by atoms with Gasteiger partial charge >= 0.3 is 0 Å². The fourth-order valence-electron chi connectivity index (χ4n) is 2.99. The van der Waals surface area contributed by atoms with Crippen molar-refractivity contribution in [2.45, 2.75) is 18.9 Å². The van der Waals surface area contributed by atoms with Gasteiger partial charge in [0.25, 0.3) is 5.91 Å². The lowest BCUT2D eigenvalue weighted by Crippen LogP contribution is -2.57. The highest BCUT2D eigenvalue weighted by Gasteiger charge is 2.32. The maximum atomic E-state index is 12.6. The molecule has 2 saturated heterocycles. The first-order valence-corrected chi connectivity index (χ1v) is 8.86. The van der Waals surface area contributed by atoms with E-state index in [1.54, 1.807) is 0 Å². The van der Waals surface area contributed by atoms with E-state index < -0.39 is 0 Å². The van der Waals surface area contributed by atoms with Crippen molar-refractivity contribution in [3.63, 3.8) is 0 Å². The molecule has 1 unspecified atom stereocenters. The topological polar surface area (TPSA) is 52.7 Å². The second-order valence-electron chi connectivity index (χ2n) is 5.41. The van der Waals surface area contributed by atoms with E-state index in [0.29, 0.717) is 13.1 Å². The van der Waals surface area contributed by atoms with Crippen LogP contribution < -0.4 is 5.32 Å². The van der Waals surface area contributed by atoms with Crippen LogP contribution in [0.4, 0.5) is 0 Å². The molecule has 2 aliphatic heterocycles. The number of amides is 2. The van der Waals surface area contributed by atoms with Crippen LogP contribution in [-0.4, -0.2) is 60.4 Å². The van der Waals surface area contributed by atoms with E-state index in [9.17, 15) is 9.59 Å². The molecule has 0 aliphatic carbocycles. The molecule has 3 rings (SSSR count). The average molecular weight is 372 g/mol. The van der Waals surface area contributed by atoms with Gasteiger partial charge in [-0.05, 0) is 40.2 Å². The zero-order valence-electron chi connectivity index (χ0n) is 11.7. The smallest absolute Gasteiger partial charge is 0.265 e. The number of carbonyl (C=O) groups excluding carboxylic acids is 2. The summed E-state index contributed by atoms with van der Waals surface area (Å²) in [6, 6.07) is 2.06. The maximum absolute atomic E-state index is 12.6. The highest BCUT2D eigenvalue weighted by atomic mass is 79.9. The molecular formula is C14H18BrN3O2S. The zero-order chi connectivity index (χ0) is 14.8. The number of rotatable bonds is 2. The first kappa shape index (κ1) is 15.0. The minimum absolute atomic E-state index is 0.0733. The summed E-state index contributed by atoms with van der Waals surface area (Å²) < 4.78 is 0.859. The molecule has 0 spiro atoms. The van der Waals surface area contributed by atoms with Crippen LogP contribution in [0.5, 0.6) is 0 Å². The van der Waals surface area contributed by atoms with E-state index >= 15 is 0 Å². The number of likely N-dealkylation sites (tertiary alicyclic amines) is 1. The zero-order valence-corrected chi connectivity index (χ0v) is 14.1. The monoisotopic (exact) mass is 371 g/mol. The first-order chi connectivity index (χ1) is 10.2. The molecule has 21 heavy (non-hydrogen) atoms. The molecule has 1 N–H and O–H groups in total. The van der Waals surface area contributed by atoms with Gasteiger partial charge < -0.3 is 15.1 Å². The van der Waals surface area contributed by atoms with E-state index in [1.807, 2.05) is 21.2 Å². The summed E-state index contributed by atoms with van der Waals surface area (Å²) in [5, 5.41) is 5.01. The van der Waals surface area contributed by atoms with Crippen LogP contribution in [0.25, 0.3) is 0 Å². The molecule has 0 bridgehead atoms. The fourth-order valence-corrected chi connectivity index (χ4v) is 4.50. The van der Waals surface area contributed by atoms with Gasteiger partial charge in [0.1, 0.15) is 4.88 Å². The molecule has 5 nitrogen and oxygen atoms in total. The lowest BCUT2D eigenvalue weighted by molar-refractivity contribution is -0.135. The number of nitrogens with one attached hydrogen (secondary N) is 1. The fraction of sp³-hybridized carbons (Fsp3) is 0.571. The van der Waals surface area contributed by atoms with Crippen LogP contribution in [0, 0.1) is 0 Å². The van der Waals surface area contributed by atoms with Crippen LogP contribution in [0.15, 0.2) is 15.9 Å². The van der Waals surface area contributed by atoms with Gasteiger partial charge in [-0.15, -0.1) is 11.3 Å². The van der Waals surface area contributed by atoms with Crippen molar-refractivity contribution in [3.8, 4) is 0 Å². The summed E-state index contributed by atoms with van der Waals surface area (Å²) >= 11 is 4.88. The molecule has 1 atom stereocenters. The summed E-state index contributed by atoms with van der Waals surface area (Å²) in [6.45, 7) is 3.43. The molecule has 2 fully saturated rings. The van der Waals surface area contributed by atoms with E-state index in [0.717, 1.165) is 41.8 Å². The van der Waals surface area contributed by atoms with Crippen LogP contribution in [-0.2, 0) is 4.79 Å². The Hall–Kier alpha value is -0.920. The van der Waals surface area contributed by atoms with E-state index in [2.05, 4.69) is 21.2 Å². The minimum atomic E-state index is 0.0733. The Labute approximate surface area is 136 Å². The van der Waals surface area contributed by atoms with Gasteiger partial charge in [-0.1, -0.05) is 0 Å². The lowest BCUT2D eigenvalue weighted by atomic mass is 10.0. The Morgan fingerprint density at radius 1 is 1.43 bits per heavy atom. The molecule has 1 aromatic heterocycles. The Balaban J connectivity index is 1.69. The normalized spacial score (nSPS) is 23.5. The first-order valence-electron chi connectivity index (χ1n) is 7.19. The third kappa shape index (κ3) is 3.14. The van der Waals surface area contributed by atoms with Gasteiger partial charge in [0.15, 0.2) is 0 Å². The average Bonchev–Trinajstić information content (AvgIpc) is 2.93. The quantitative estimate of drug-likeness (QED) is 0.857. The lowest BCUT2D eigenvalue weighted by Gasteiger charge is -2.41. The summed E-state index contributed by atoms with van der Waals surface area (Å²) in [5.41, 5.74) is 0. The molecule has 3 heterocycles. The molecule has 0 aromatic carbocycles. The third-order valence-electron chi connectivity index (χ3n) is 4.06. The maximum Gasteiger partial charge on any atom is 0.265 e. The van der Waals surface area contributed by atoms with Crippen molar-refractivity contribution >= 4 is 39.1 Å². The number of thiophene rings is 1. The van der Waals surface area contributed by atoms with Crippen molar-refractivity contribution in [1.82, 2.24) is 15.1 Å². The van der Waals surface area contributed by atoms with Crippen LogP contribution in [0.3, 0.4) is 0 Å². The summed E-state index contributed by atoms with van der Waals surface area (Å²) in [7, 11) is 0. The number of halogens is 1. The number of hydrogen-bond acceptors (Lipinski definition) is 4. The second kappa shape index (κ2) is 6.46. The summed E-state index contributed by atoms with van der Waals surface area (Å²) in [5.74, 6) is 0.224. The Kier molecular flexibility index (Phi) is 4.61. The van der Waals surface area contributed by atoms with Crippen molar-refractivity contribution in [3.05, 3.63) is 20.8 Å². The Bertz CT molecular complexity index is 548. The van der Waals surface area contributed by atoms with Crippen LogP contribution in [0.2, 0.25) is 0 Å². The Morgan fingerprint density at radius 3 is 3.00 bits per heavy atom. The number of carbonyl (C=O) groups is 2. The second-order valence-corrected chi connectivity index (χ2v) is 7.18. The van der Waals surface area contributed by atoms with E-state index in [1.165, 1.54) is 11.3 Å². The van der Waals surface area contributed by atoms with Crippen molar-refractivity contribution in [2.75, 3.05) is 32.7 Å². The largest absolute Gasteiger partial charge is 0.336 e.